The number of nitrogens with one attached hydrogen (secondary N) is 1. The summed E-state index contributed by atoms with van der Waals surface area (Å²) in [5.41, 5.74) is 3.56. The van der Waals surface area contributed by atoms with Gasteiger partial charge in [0.15, 0.2) is 0 Å². The third kappa shape index (κ3) is 4.06. The predicted octanol–water partition coefficient (Wildman–Crippen LogP) is 3.08. The van der Waals surface area contributed by atoms with Gasteiger partial charge in [0, 0.05) is 37.5 Å². The number of rotatable bonds is 5. The molecule has 8 heteroatoms. The Kier molecular flexibility index (Phi) is 5.16. The van der Waals surface area contributed by atoms with Gasteiger partial charge in [0.2, 0.25) is 5.91 Å². The first-order chi connectivity index (χ1) is 14.0. The van der Waals surface area contributed by atoms with Gasteiger partial charge >= 0.3 is 0 Å². The highest BCUT2D eigenvalue weighted by Gasteiger charge is 2.28. The molecule has 1 amide bonds. The number of nitrogens with zero attached hydrogens (tertiary/aromatic N) is 4. The number of aromatic nitrogens is 2. The SMILES string of the molecule is Cc1ccn2cc(CNC(=O)C3CCN(c4ccccc4[N+](=O)[O-])CC3)nc2c1. The van der Waals surface area contributed by atoms with E-state index >= 15 is 0 Å². The van der Waals surface area contributed by atoms with Gasteiger partial charge in [0.05, 0.1) is 17.2 Å². The van der Waals surface area contributed by atoms with Crippen molar-refractivity contribution in [3.8, 4) is 0 Å². The number of benzene rings is 1. The summed E-state index contributed by atoms with van der Waals surface area (Å²) in [7, 11) is 0. The number of anilines is 1. The van der Waals surface area contributed by atoms with Gasteiger partial charge in [-0.05, 0) is 43.5 Å². The molecule has 0 saturated carbocycles. The second-order valence-corrected chi connectivity index (χ2v) is 7.43. The van der Waals surface area contributed by atoms with E-state index in [2.05, 4.69) is 10.3 Å². The number of hydrogen-bond donors (Lipinski definition) is 1. The van der Waals surface area contributed by atoms with Crippen molar-refractivity contribution in [1.82, 2.24) is 14.7 Å². The summed E-state index contributed by atoms with van der Waals surface area (Å²) < 4.78 is 1.94. The van der Waals surface area contributed by atoms with Gasteiger partial charge < -0.3 is 14.6 Å². The maximum Gasteiger partial charge on any atom is 0.292 e. The zero-order valence-corrected chi connectivity index (χ0v) is 16.2. The molecule has 0 aliphatic carbocycles. The molecule has 1 aliphatic heterocycles. The summed E-state index contributed by atoms with van der Waals surface area (Å²) in [6, 6.07) is 10.8. The molecule has 0 bridgehead atoms. The van der Waals surface area contributed by atoms with E-state index in [0.29, 0.717) is 38.2 Å². The van der Waals surface area contributed by atoms with Crippen LogP contribution >= 0.6 is 0 Å². The molecule has 1 fully saturated rings. The lowest BCUT2D eigenvalue weighted by atomic mass is 9.95. The molecular weight excluding hydrogens is 370 g/mol. The quantitative estimate of drug-likeness (QED) is 0.531. The number of pyridine rings is 1. The number of imidazole rings is 1. The minimum Gasteiger partial charge on any atom is -0.366 e. The third-order valence-electron chi connectivity index (χ3n) is 5.39. The first-order valence-electron chi connectivity index (χ1n) is 9.71. The van der Waals surface area contributed by atoms with Gasteiger partial charge in [0.25, 0.3) is 5.69 Å². The minimum absolute atomic E-state index is 0.0143. The van der Waals surface area contributed by atoms with Crippen LogP contribution in [0.5, 0.6) is 0 Å². The molecule has 0 radical (unpaired) electrons. The van der Waals surface area contributed by atoms with E-state index in [1.165, 1.54) is 6.07 Å². The molecule has 0 spiro atoms. The number of carbonyl (C=O) groups is 1. The van der Waals surface area contributed by atoms with Crippen molar-refractivity contribution in [2.24, 2.45) is 5.92 Å². The number of hydrogen-bond acceptors (Lipinski definition) is 5. The molecule has 0 atom stereocenters. The average Bonchev–Trinajstić information content (AvgIpc) is 3.14. The third-order valence-corrected chi connectivity index (χ3v) is 5.39. The van der Waals surface area contributed by atoms with Crippen LogP contribution in [0.2, 0.25) is 0 Å². The fraction of sp³-hybridized carbons (Fsp3) is 0.333. The van der Waals surface area contributed by atoms with Gasteiger partial charge in [-0.25, -0.2) is 4.98 Å². The first kappa shape index (κ1) is 18.9. The van der Waals surface area contributed by atoms with E-state index in [1.54, 1.807) is 18.2 Å². The molecule has 8 nitrogen and oxygen atoms in total. The highest BCUT2D eigenvalue weighted by Crippen LogP contribution is 2.31. The summed E-state index contributed by atoms with van der Waals surface area (Å²) in [5.74, 6) is -0.0752. The van der Waals surface area contributed by atoms with Gasteiger partial charge in [0.1, 0.15) is 11.3 Å². The van der Waals surface area contributed by atoms with Crippen LogP contribution in [0, 0.1) is 23.0 Å². The molecule has 3 aromatic rings. The summed E-state index contributed by atoms with van der Waals surface area (Å²) in [4.78, 5) is 30.0. The molecule has 1 aromatic carbocycles. The predicted molar refractivity (Wildman–Crippen MR) is 110 cm³/mol. The minimum atomic E-state index is -0.357. The van der Waals surface area contributed by atoms with Crippen LogP contribution in [0.4, 0.5) is 11.4 Å². The van der Waals surface area contributed by atoms with Crippen LogP contribution in [0.3, 0.4) is 0 Å². The summed E-state index contributed by atoms with van der Waals surface area (Å²) in [5, 5.41) is 14.2. The summed E-state index contributed by atoms with van der Waals surface area (Å²) >= 11 is 0. The van der Waals surface area contributed by atoms with E-state index in [0.717, 1.165) is 16.9 Å². The molecule has 29 heavy (non-hydrogen) atoms. The Labute approximate surface area is 168 Å². The van der Waals surface area contributed by atoms with Gasteiger partial charge in [-0.1, -0.05) is 12.1 Å². The number of carbonyl (C=O) groups excluding carboxylic acids is 1. The lowest BCUT2D eigenvalue weighted by Gasteiger charge is -2.32. The lowest BCUT2D eigenvalue weighted by molar-refractivity contribution is -0.384. The molecule has 1 N–H and O–H groups in total. The number of nitro groups is 1. The van der Waals surface area contributed by atoms with Crippen LogP contribution in [-0.2, 0) is 11.3 Å². The molecule has 0 unspecified atom stereocenters. The van der Waals surface area contributed by atoms with Crippen molar-refractivity contribution < 1.29 is 9.72 Å². The zero-order chi connectivity index (χ0) is 20.4. The van der Waals surface area contributed by atoms with Crippen molar-refractivity contribution in [1.29, 1.82) is 0 Å². The summed E-state index contributed by atoms with van der Waals surface area (Å²) in [6.07, 6.45) is 5.22. The van der Waals surface area contributed by atoms with Gasteiger partial charge in [-0.3, -0.25) is 14.9 Å². The van der Waals surface area contributed by atoms with Crippen molar-refractivity contribution in [3.63, 3.8) is 0 Å². The molecule has 150 valence electrons. The van der Waals surface area contributed by atoms with E-state index in [-0.39, 0.29) is 22.4 Å². The molecule has 4 rings (SSSR count). The number of fused-ring (bicyclic) bond motifs is 1. The van der Waals surface area contributed by atoms with Gasteiger partial charge in [-0.15, -0.1) is 0 Å². The number of amides is 1. The number of nitro benzene ring substituents is 1. The standard InChI is InChI=1S/C21H23N5O3/c1-15-6-9-25-14-17(23-20(25)12-15)13-22-21(27)16-7-10-24(11-8-16)18-4-2-3-5-19(18)26(28)29/h2-6,9,12,14,16H,7-8,10-11,13H2,1H3,(H,22,27). The maximum atomic E-state index is 12.6. The summed E-state index contributed by atoms with van der Waals surface area (Å²) in [6.45, 7) is 3.66. The lowest BCUT2D eigenvalue weighted by Crippen LogP contribution is -2.40. The number of para-hydroxylation sites is 2. The fourth-order valence-corrected chi connectivity index (χ4v) is 3.81. The molecule has 2 aromatic heterocycles. The van der Waals surface area contributed by atoms with Crippen molar-refractivity contribution in [2.45, 2.75) is 26.3 Å². The van der Waals surface area contributed by atoms with Crippen LogP contribution in [0.15, 0.2) is 48.8 Å². The van der Waals surface area contributed by atoms with Crippen molar-refractivity contribution >= 4 is 22.9 Å². The smallest absolute Gasteiger partial charge is 0.292 e. The second-order valence-electron chi connectivity index (χ2n) is 7.43. The van der Waals surface area contributed by atoms with Gasteiger partial charge in [-0.2, -0.15) is 0 Å². The largest absolute Gasteiger partial charge is 0.366 e. The van der Waals surface area contributed by atoms with E-state index < -0.39 is 0 Å². The van der Waals surface area contributed by atoms with Crippen molar-refractivity contribution in [3.05, 3.63) is 70.2 Å². The fourth-order valence-electron chi connectivity index (χ4n) is 3.81. The first-order valence-corrected chi connectivity index (χ1v) is 9.71. The Morgan fingerprint density at radius 2 is 2.03 bits per heavy atom. The monoisotopic (exact) mass is 393 g/mol. The second kappa shape index (κ2) is 7.90. The van der Waals surface area contributed by atoms with Crippen LogP contribution < -0.4 is 10.2 Å². The van der Waals surface area contributed by atoms with Crippen molar-refractivity contribution in [2.75, 3.05) is 18.0 Å². The Hall–Kier alpha value is -3.42. The normalized spacial score (nSPS) is 14.9. The van der Waals surface area contributed by atoms with Crippen LogP contribution in [-0.4, -0.2) is 33.3 Å². The zero-order valence-electron chi connectivity index (χ0n) is 16.2. The van der Waals surface area contributed by atoms with Crippen LogP contribution in [0.25, 0.3) is 5.65 Å². The maximum absolute atomic E-state index is 12.6. The Balaban J connectivity index is 1.33. The van der Waals surface area contributed by atoms with Crippen LogP contribution in [0.1, 0.15) is 24.1 Å². The highest BCUT2D eigenvalue weighted by atomic mass is 16.6. The molecule has 1 saturated heterocycles. The Morgan fingerprint density at radius 3 is 2.79 bits per heavy atom. The Bertz CT molecular complexity index is 1050. The molecule has 3 heterocycles. The van der Waals surface area contributed by atoms with E-state index in [1.807, 2.05) is 40.8 Å². The highest BCUT2D eigenvalue weighted by molar-refractivity contribution is 5.79. The molecular formula is C21H23N5O3. The topological polar surface area (TPSA) is 92.8 Å². The Morgan fingerprint density at radius 1 is 1.28 bits per heavy atom. The van der Waals surface area contributed by atoms with E-state index in [4.69, 9.17) is 0 Å². The molecule has 1 aliphatic rings. The number of aryl methyl sites for hydroxylation is 1. The number of piperidine rings is 1. The van der Waals surface area contributed by atoms with E-state index in [9.17, 15) is 14.9 Å². The average molecular weight is 393 g/mol.